The molecule has 1 aromatic heterocycles. The Kier molecular flexibility index (Phi) is 6.16. The van der Waals surface area contributed by atoms with Crippen LogP contribution in [-0.2, 0) is 16.8 Å². The zero-order valence-electron chi connectivity index (χ0n) is 19.3. The third-order valence-electron chi connectivity index (χ3n) is 6.12. The van der Waals surface area contributed by atoms with Gasteiger partial charge in [0.25, 0.3) is 0 Å². The largest absolute Gasteiger partial charge is 0.343 e. The Hall–Kier alpha value is -2.27. The van der Waals surface area contributed by atoms with Gasteiger partial charge in [-0.1, -0.05) is 50.2 Å². The van der Waals surface area contributed by atoms with Crippen LogP contribution >= 0.6 is 11.8 Å². The highest BCUT2D eigenvalue weighted by Gasteiger charge is 2.27. The molecular weight excluding hydrogens is 402 g/mol. The fraction of sp³-hybridized carbons (Fsp3) is 0.462. The summed E-state index contributed by atoms with van der Waals surface area (Å²) in [6.07, 6.45) is 2.12. The molecule has 5 heteroatoms. The third kappa shape index (κ3) is 4.98. The summed E-state index contributed by atoms with van der Waals surface area (Å²) in [6.45, 7) is 13.2. The Balaban J connectivity index is 1.62. The number of imidazole rings is 1. The predicted molar refractivity (Wildman–Crippen MR) is 129 cm³/mol. The van der Waals surface area contributed by atoms with E-state index in [0.717, 1.165) is 43.8 Å². The van der Waals surface area contributed by atoms with Gasteiger partial charge in [-0.05, 0) is 56.0 Å². The topological polar surface area (TPSA) is 38.1 Å². The summed E-state index contributed by atoms with van der Waals surface area (Å²) in [4.78, 5) is 21.2. The van der Waals surface area contributed by atoms with Gasteiger partial charge in [0, 0.05) is 41.8 Å². The maximum absolute atomic E-state index is 11.7. The van der Waals surface area contributed by atoms with Crippen LogP contribution < -0.4 is 0 Å². The summed E-state index contributed by atoms with van der Waals surface area (Å²) in [5.74, 6) is 1.92. The number of aryl methyl sites for hydroxylation is 1. The van der Waals surface area contributed by atoms with Crippen molar-refractivity contribution in [3.05, 3.63) is 53.9 Å². The van der Waals surface area contributed by atoms with E-state index in [0.29, 0.717) is 5.92 Å². The van der Waals surface area contributed by atoms with E-state index in [1.165, 1.54) is 20.9 Å². The number of likely N-dealkylation sites (tertiary alicyclic amines) is 1. The molecule has 164 valence electrons. The maximum atomic E-state index is 11.7. The molecule has 4 nitrogen and oxygen atoms in total. The summed E-state index contributed by atoms with van der Waals surface area (Å²) in [5, 5.41) is 0. The molecule has 1 aliphatic heterocycles. The molecule has 4 rings (SSSR count). The van der Waals surface area contributed by atoms with E-state index in [9.17, 15) is 4.79 Å². The Bertz CT molecular complexity index is 1090. The number of benzene rings is 2. The minimum absolute atomic E-state index is 0.0248. The van der Waals surface area contributed by atoms with Crippen LogP contribution in [-0.4, -0.2) is 33.4 Å². The molecule has 0 atom stereocenters. The van der Waals surface area contributed by atoms with E-state index in [4.69, 9.17) is 4.98 Å². The summed E-state index contributed by atoms with van der Waals surface area (Å²) < 4.78 is 2.44. The highest BCUT2D eigenvalue weighted by Crippen LogP contribution is 2.34. The third-order valence-corrected chi connectivity index (χ3v) is 7.10. The SMILES string of the molecule is CC(=O)N1CCC(Cn2c(C(C)(C)C)nc3cc(Sc4cccc(C)c4)ccc32)CC1. The number of carbonyl (C=O) groups excluding carboxylic acids is 1. The van der Waals surface area contributed by atoms with E-state index >= 15 is 0 Å². The average molecular weight is 436 g/mol. The van der Waals surface area contributed by atoms with Crippen molar-refractivity contribution in [1.82, 2.24) is 14.5 Å². The monoisotopic (exact) mass is 435 g/mol. The standard InChI is InChI=1S/C26H33N3OS/c1-18-7-6-8-21(15-18)31-22-9-10-24-23(16-22)27-25(26(3,4)5)29(24)17-20-11-13-28(14-12-20)19(2)30/h6-10,15-16,20H,11-14,17H2,1-5H3. The number of carbonyl (C=O) groups is 1. The lowest BCUT2D eigenvalue weighted by atomic mass is 9.93. The molecule has 0 radical (unpaired) electrons. The van der Waals surface area contributed by atoms with Crippen LogP contribution in [0.15, 0.2) is 52.3 Å². The summed E-state index contributed by atoms with van der Waals surface area (Å²) in [7, 11) is 0. The van der Waals surface area contributed by atoms with Crippen LogP contribution in [0.2, 0.25) is 0 Å². The molecule has 2 heterocycles. The molecular formula is C26H33N3OS. The van der Waals surface area contributed by atoms with E-state index < -0.39 is 0 Å². The van der Waals surface area contributed by atoms with Gasteiger partial charge in [-0.25, -0.2) is 4.98 Å². The van der Waals surface area contributed by atoms with Gasteiger partial charge in [0.1, 0.15) is 5.82 Å². The van der Waals surface area contributed by atoms with Crippen molar-refractivity contribution in [2.75, 3.05) is 13.1 Å². The van der Waals surface area contributed by atoms with Crippen LogP contribution in [0, 0.1) is 12.8 Å². The zero-order chi connectivity index (χ0) is 22.2. The highest BCUT2D eigenvalue weighted by atomic mass is 32.2. The zero-order valence-corrected chi connectivity index (χ0v) is 20.1. The number of piperidine rings is 1. The maximum Gasteiger partial charge on any atom is 0.219 e. The molecule has 1 saturated heterocycles. The first kappa shape index (κ1) is 21.9. The van der Waals surface area contributed by atoms with Crippen LogP contribution in [0.3, 0.4) is 0 Å². The van der Waals surface area contributed by atoms with Crippen LogP contribution in [0.25, 0.3) is 11.0 Å². The molecule has 1 amide bonds. The first-order valence-electron chi connectivity index (χ1n) is 11.2. The number of aromatic nitrogens is 2. The average Bonchev–Trinajstić information content (AvgIpc) is 3.06. The lowest BCUT2D eigenvalue weighted by Crippen LogP contribution is -2.38. The Morgan fingerprint density at radius 3 is 2.45 bits per heavy atom. The number of amides is 1. The number of rotatable bonds is 4. The molecule has 1 aliphatic rings. The second-order valence-electron chi connectivity index (χ2n) is 9.81. The minimum atomic E-state index is -0.0248. The number of nitrogens with zero attached hydrogens (tertiary/aromatic N) is 3. The van der Waals surface area contributed by atoms with Crippen LogP contribution in [0.4, 0.5) is 0 Å². The predicted octanol–water partition coefficient (Wildman–Crippen LogP) is 6.05. The molecule has 0 unspecified atom stereocenters. The van der Waals surface area contributed by atoms with Crippen molar-refractivity contribution >= 4 is 28.7 Å². The van der Waals surface area contributed by atoms with Gasteiger partial charge in [0.05, 0.1) is 11.0 Å². The Morgan fingerprint density at radius 1 is 1.10 bits per heavy atom. The molecule has 0 N–H and O–H groups in total. The van der Waals surface area contributed by atoms with Crippen molar-refractivity contribution in [3.63, 3.8) is 0 Å². The van der Waals surface area contributed by atoms with E-state index in [2.05, 4.69) is 74.7 Å². The smallest absolute Gasteiger partial charge is 0.219 e. The summed E-state index contributed by atoms with van der Waals surface area (Å²) in [6, 6.07) is 15.3. The van der Waals surface area contributed by atoms with Gasteiger partial charge in [-0.2, -0.15) is 0 Å². The van der Waals surface area contributed by atoms with Crippen molar-refractivity contribution in [3.8, 4) is 0 Å². The summed E-state index contributed by atoms with van der Waals surface area (Å²) in [5.41, 5.74) is 3.54. The second-order valence-corrected chi connectivity index (χ2v) is 11.0. The highest BCUT2D eigenvalue weighted by molar-refractivity contribution is 7.99. The molecule has 0 saturated carbocycles. The molecule has 31 heavy (non-hydrogen) atoms. The number of hydrogen-bond acceptors (Lipinski definition) is 3. The first-order valence-corrected chi connectivity index (χ1v) is 12.0. The fourth-order valence-corrected chi connectivity index (χ4v) is 5.40. The molecule has 0 aliphatic carbocycles. The van der Waals surface area contributed by atoms with Gasteiger partial charge in [0.15, 0.2) is 0 Å². The lowest BCUT2D eigenvalue weighted by molar-refractivity contribution is -0.130. The Morgan fingerprint density at radius 2 is 1.81 bits per heavy atom. The van der Waals surface area contributed by atoms with Crippen molar-refractivity contribution < 1.29 is 4.79 Å². The van der Waals surface area contributed by atoms with Gasteiger partial charge in [-0.15, -0.1) is 0 Å². The quantitative estimate of drug-likeness (QED) is 0.500. The lowest BCUT2D eigenvalue weighted by Gasteiger charge is -2.32. The van der Waals surface area contributed by atoms with E-state index in [1.54, 1.807) is 18.7 Å². The normalized spacial score (nSPS) is 15.6. The van der Waals surface area contributed by atoms with Crippen LogP contribution in [0.5, 0.6) is 0 Å². The van der Waals surface area contributed by atoms with Gasteiger partial charge >= 0.3 is 0 Å². The van der Waals surface area contributed by atoms with E-state index in [1.807, 2.05) is 4.90 Å². The van der Waals surface area contributed by atoms with Gasteiger partial charge in [-0.3, -0.25) is 4.79 Å². The molecule has 2 aromatic carbocycles. The second kappa shape index (κ2) is 8.70. The fourth-order valence-electron chi connectivity index (χ4n) is 4.43. The Labute approximate surface area is 190 Å². The summed E-state index contributed by atoms with van der Waals surface area (Å²) >= 11 is 1.79. The van der Waals surface area contributed by atoms with Crippen molar-refractivity contribution in [2.24, 2.45) is 5.92 Å². The van der Waals surface area contributed by atoms with Crippen molar-refractivity contribution in [2.45, 2.75) is 69.2 Å². The van der Waals surface area contributed by atoms with Crippen LogP contribution in [0.1, 0.15) is 51.9 Å². The molecule has 0 bridgehead atoms. The van der Waals surface area contributed by atoms with E-state index in [-0.39, 0.29) is 11.3 Å². The first-order chi connectivity index (χ1) is 14.7. The molecule has 1 fully saturated rings. The molecule has 3 aromatic rings. The van der Waals surface area contributed by atoms with Crippen molar-refractivity contribution in [1.29, 1.82) is 0 Å². The van der Waals surface area contributed by atoms with Gasteiger partial charge in [0.2, 0.25) is 5.91 Å². The number of fused-ring (bicyclic) bond motifs is 1. The number of hydrogen-bond donors (Lipinski definition) is 0. The molecule has 0 spiro atoms. The van der Waals surface area contributed by atoms with Gasteiger partial charge < -0.3 is 9.47 Å². The minimum Gasteiger partial charge on any atom is -0.343 e.